The minimum Gasteiger partial charge on any atom is -0.253 e. The van der Waals surface area contributed by atoms with Crippen molar-refractivity contribution in [1.29, 1.82) is 0 Å². The van der Waals surface area contributed by atoms with Gasteiger partial charge in [0.2, 0.25) is 0 Å². The zero-order chi connectivity index (χ0) is 13.0. The van der Waals surface area contributed by atoms with E-state index in [1.807, 2.05) is 10.9 Å². The van der Waals surface area contributed by atoms with Gasteiger partial charge in [0.1, 0.15) is 0 Å². The molecule has 0 amide bonds. The fraction of sp³-hybridized carbons (Fsp3) is 0.429. The molecule has 2 aromatic rings. The molecule has 0 spiro atoms. The molecule has 18 heavy (non-hydrogen) atoms. The Labute approximate surface area is 116 Å². The summed E-state index contributed by atoms with van der Waals surface area (Å²) >= 11 is 3.62. The highest BCUT2D eigenvalue weighted by Crippen LogP contribution is 2.20. The minimum atomic E-state index is 0.879. The van der Waals surface area contributed by atoms with E-state index >= 15 is 0 Å². The molecule has 0 aliphatic rings. The lowest BCUT2D eigenvalue weighted by Crippen LogP contribution is -1.94. The highest BCUT2D eigenvalue weighted by molar-refractivity contribution is 9.10. The molecule has 0 aliphatic heterocycles. The smallest absolute Gasteiger partial charge is 0.0830 e. The maximum atomic E-state index is 4.16. The maximum absolute atomic E-state index is 4.16. The van der Waals surface area contributed by atoms with Gasteiger partial charge in [-0.1, -0.05) is 40.2 Å². The number of rotatable bonds is 5. The summed E-state index contributed by atoms with van der Waals surface area (Å²) in [5, 5.41) is 8.21. The van der Waals surface area contributed by atoms with Gasteiger partial charge in [-0.05, 0) is 43.4 Å². The van der Waals surface area contributed by atoms with E-state index in [1.54, 1.807) is 0 Å². The van der Waals surface area contributed by atoms with E-state index in [0.717, 1.165) is 31.5 Å². The summed E-state index contributed by atoms with van der Waals surface area (Å²) in [4.78, 5) is 0. The quantitative estimate of drug-likeness (QED) is 0.847. The summed E-state index contributed by atoms with van der Waals surface area (Å²) in [7, 11) is 0. The molecule has 0 fully saturated rings. The molecule has 0 N–H and O–H groups in total. The third-order valence-electron chi connectivity index (χ3n) is 3.08. The van der Waals surface area contributed by atoms with Crippen LogP contribution in [-0.4, -0.2) is 15.0 Å². The zero-order valence-electron chi connectivity index (χ0n) is 10.9. The van der Waals surface area contributed by atoms with Gasteiger partial charge in [-0.15, -0.1) is 5.10 Å². The van der Waals surface area contributed by atoms with Crippen LogP contribution in [0.3, 0.4) is 0 Å². The number of hydrogen-bond acceptors (Lipinski definition) is 2. The first-order valence-electron chi connectivity index (χ1n) is 6.39. The lowest BCUT2D eigenvalue weighted by Gasteiger charge is -2.04. The van der Waals surface area contributed by atoms with Crippen molar-refractivity contribution in [3.05, 3.63) is 45.7 Å². The molecule has 3 nitrogen and oxygen atoms in total. The molecule has 0 saturated carbocycles. The second kappa shape index (κ2) is 6.14. The van der Waals surface area contributed by atoms with Gasteiger partial charge < -0.3 is 0 Å². The van der Waals surface area contributed by atoms with Gasteiger partial charge >= 0.3 is 0 Å². The highest BCUT2D eigenvalue weighted by atomic mass is 79.9. The number of benzene rings is 1. The van der Waals surface area contributed by atoms with Crippen LogP contribution >= 0.6 is 15.9 Å². The molecule has 1 aromatic carbocycles. The third-order valence-corrected chi connectivity index (χ3v) is 3.82. The lowest BCUT2D eigenvalue weighted by molar-refractivity contribution is 0.626. The van der Waals surface area contributed by atoms with Crippen LogP contribution in [0.15, 0.2) is 28.9 Å². The summed E-state index contributed by atoms with van der Waals surface area (Å²) < 4.78 is 3.07. The lowest BCUT2D eigenvalue weighted by atomic mass is 10.1. The predicted octanol–water partition coefficient (Wildman–Crippen LogP) is 3.41. The summed E-state index contributed by atoms with van der Waals surface area (Å²) in [5.74, 6) is 0. The van der Waals surface area contributed by atoms with Gasteiger partial charge in [0.05, 0.1) is 5.69 Å². The van der Waals surface area contributed by atoms with Crippen LogP contribution in [0.5, 0.6) is 0 Å². The highest BCUT2D eigenvalue weighted by Gasteiger charge is 2.03. The summed E-state index contributed by atoms with van der Waals surface area (Å²) in [6.45, 7) is 5.12. The van der Waals surface area contributed by atoms with Crippen LogP contribution in [0, 0.1) is 0 Å². The van der Waals surface area contributed by atoms with E-state index < -0.39 is 0 Å². The largest absolute Gasteiger partial charge is 0.253 e. The van der Waals surface area contributed by atoms with Crippen molar-refractivity contribution in [2.24, 2.45) is 0 Å². The standard InChI is InChI=1S/C14H18BrN3/c1-3-12-7-5-11(9-14(12)15)6-8-13-10-18(4-2)17-16-13/h5,7,9-10H,3-4,6,8H2,1-2H3. The van der Waals surface area contributed by atoms with Crippen molar-refractivity contribution in [2.45, 2.75) is 39.7 Å². The van der Waals surface area contributed by atoms with Gasteiger partial charge in [0.15, 0.2) is 0 Å². The number of aryl methyl sites for hydroxylation is 4. The van der Waals surface area contributed by atoms with Crippen LogP contribution in [0.25, 0.3) is 0 Å². The fourth-order valence-electron chi connectivity index (χ4n) is 1.91. The predicted molar refractivity (Wildman–Crippen MR) is 76.6 cm³/mol. The number of nitrogens with zero attached hydrogens (tertiary/aromatic N) is 3. The van der Waals surface area contributed by atoms with Crippen molar-refractivity contribution in [3.63, 3.8) is 0 Å². The number of halogens is 1. The summed E-state index contributed by atoms with van der Waals surface area (Å²) in [6.07, 6.45) is 5.03. The first-order valence-corrected chi connectivity index (χ1v) is 7.18. The van der Waals surface area contributed by atoms with Gasteiger partial charge in [-0.2, -0.15) is 0 Å². The number of aromatic nitrogens is 3. The second-order valence-electron chi connectivity index (χ2n) is 4.34. The average Bonchev–Trinajstić information content (AvgIpc) is 2.84. The monoisotopic (exact) mass is 307 g/mol. The molecule has 1 heterocycles. The summed E-state index contributed by atoms with van der Waals surface area (Å²) in [6, 6.07) is 6.61. The zero-order valence-corrected chi connectivity index (χ0v) is 12.4. The molecule has 0 bridgehead atoms. The van der Waals surface area contributed by atoms with Crippen LogP contribution in [0.2, 0.25) is 0 Å². The van der Waals surface area contributed by atoms with E-state index in [4.69, 9.17) is 0 Å². The van der Waals surface area contributed by atoms with Gasteiger partial charge in [0.25, 0.3) is 0 Å². The van der Waals surface area contributed by atoms with Gasteiger partial charge in [-0.25, -0.2) is 0 Å². The van der Waals surface area contributed by atoms with Crippen molar-refractivity contribution >= 4 is 15.9 Å². The molecule has 0 radical (unpaired) electrons. The minimum absolute atomic E-state index is 0.879. The Kier molecular flexibility index (Phi) is 4.53. The van der Waals surface area contributed by atoms with E-state index in [-0.39, 0.29) is 0 Å². The Bertz CT molecular complexity index is 520. The Hall–Kier alpha value is -1.16. The topological polar surface area (TPSA) is 30.7 Å². The molecule has 0 unspecified atom stereocenters. The first-order chi connectivity index (χ1) is 8.72. The average molecular weight is 308 g/mol. The Morgan fingerprint density at radius 1 is 1.22 bits per heavy atom. The molecule has 0 saturated heterocycles. The van der Waals surface area contributed by atoms with E-state index in [0.29, 0.717) is 0 Å². The van der Waals surface area contributed by atoms with E-state index in [2.05, 4.69) is 58.3 Å². The molecule has 4 heteroatoms. The number of hydrogen-bond donors (Lipinski definition) is 0. The van der Waals surface area contributed by atoms with Crippen molar-refractivity contribution < 1.29 is 0 Å². The van der Waals surface area contributed by atoms with Crippen LogP contribution in [0.1, 0.15) is 30.7 Å². The SMILES string of the molecule is CCc1ccc(CCc2cn(CC)nn2)cc1Br. The van der Waals surface area contributed by atoms with Crippen molar-refractivity contribution in [2.75, 3.05) is 0 Å². The Morgan fingerprint density at radius 3 is 2.67 bits per heavy atom. The van der Waals surface area contributed by atoms with Gasteiger partial charge in [0, 0.05) is 17.2 Å². The van der Waals surface area contributed by atoms with Gasteiger partial charge in [-0.3, -0.25) is 4.68 Å². The normalized spacial score (nSPS) is 10.8. The first kappa shape index (κ1) is 13.3. The molecule has 1 aromatic heterocycles. The fourth-order valence-corrected chi connectivity index (χ4v) is 2.62. The molecule has 96 valence electrons. The van der Waals surface area contributed by atoms with Crippen LogP contribution in [-0.2, 0) is 25.8 Å². The van der Waals surface area contributed by atoms with E-state index in [9.17, 15) is 0 Å². The van der Waals surface area contributed by atoms with Crippen LogP contribution < -0.4 is 0 Å². The molecular weight excluding hydrogens is 290 g/mol. The maximum Gasteiger partial charge on any atom is 0.0830 e. The van der Waals surface area contributed by atoms with Crippen molar-refractivity contribution in [1.82, 2.24) is 15.0 Å². The van der Waals surface area contributed by atoms with E-state index in [1.165, 1.54) is 15.6 Å². The third kappa shape index (κ3) is 3.19. The molecular formula is C14H18BrN3. The molecule has 0 atom stereocenters. The van der Waals surface area contributed by atoms with Crippen LogP contribution in [0.4, 0.5) is 0 Å². The van der Waals surface area contributed by atoms with Crippen molar-refractivity contribution in [3.8, 4) is 0 Å². The summed E-state index contributed by atoms with van der Waals surface area (Å²) in [5.41, 5.74) is 3.76. The Balaban J connectivity index is 1.99. The molecule has 0 aliphatic carbocycles. The second-order valence-corrected chi connectivity index (χ2v) is 5.20. The Morgan fingerprint density at radius 2 is 2.06 bits per heavy atom. The molecule has 2 rings (SSSR count).